The van der Waals surface area contributed by atoms with Crippen LogP contribution in [0.3, 0.4) is 0 Å². The van der Waals surface area contributed by atoms with Crippen molar-refractivity contribution in [3.63, 3.8) is 0 Å². The molecule has 0 radical (unpaired) electrons. The van der Waals surface area contributed by atoms with Gasteiger partial charge in [0.15, 0.2) is 5.82 Å². The highest BCUT2D eigenvalue weighted by molar-refractivity contribution is 7.26. The van der Waals surface area contributed by atoms with Gasteiger partial charge < -0.3 is 0 Å². The Labute approximate surface area is 229 Å². The molecule has 39 heavy (non-hydrogen) atoms. The molecule has 8 aromatic rings. The molecule has 0 atom stereocenters. The lowest BCUT2D eigenvalue weighted by Crippen LogP contribution is -1.95. The van der Waals surface area contributed by atoms with Gasteiger partial charge in [-0.15, -0.1) is 11.3 Å². The number of para-hydroxylation sites is 2. The van der Waals surface area contributed by atoms with E-state index in [4.69, 9.17) is 15.0 Å². The lowest BCUT2D eigenvalue weighted by atomic mass is 9.98. The summed E-state index contributed by atoms with van der Waals surface area (Å²) in [5.74, 6) is 0.727. The first kappa shape index (κ1) is 22.1. The van der Waals surface area contributed by atoms with Gasteiger partial charge in [-0.05, 0) is 24.3 Å². The third kappa shape index (κ3) is 3.61. The molecule has 0 fully saturated rings. The smallest absolute Gasteiger partial charge is 0.160 e. The third-order valence-corrected chi connectivity index (χ3v) is 8.46. The summed E-state index contributed by atoms with van der Waals surface area (Å²) in [5.41, 5.74) is 7.00. The molecule has 0 unspecified atom stereocenters. The van der Waals surface area contributed by atoms with Crippen molar-refractivity contribution in [3.8, 4) is 33.9 Å². The van der Waals surface area contributed by atoms with Crippen molar-refractivity contribution in [2.24, 2.45) is 0 Å². The van der Waals surface area contributed by atoms with Crippen LogP contribution >= 0.6 is 11.3 Å². The van der Waals surface area contributed by atoms with Crippen molar-refractivity contribution < 1.29 is 0 Å². The maximum Gasteiger partial charge on any atom is 0.160 e. The molecule has 3 nitrogen and oxygen atoms in total. The van der Waals surface area contributed by atoms with Crippen LogP contribution in [0.4, 0.5) is 0 Å². The number of aromatic nitrogens is 3. The van der Waals surface area contributed by atoms with Crippen LogP contribution in [0, 0.1) is 0 Å². The van der Waals surface area contributed by atoms with Gasteiger partial charge in [0.05, 0.1) is 22.4 Å². The van der Waals surface area contributed by atoms with Crippen molar-refractivity contribution in [3.05, 3.63) is 127 Å². The van der Waals surface area contributed by atoms with Crippen LogP contribution in [0.2, 0.25) is 0 Å². The molecule has 5 aromatic carbocycles. The summed E-state index contributed by atoms with van der Waals surface area (Å²) in [6.07, 6.45) is 0. The van der Waals surface area contributed by atoms with Gasteiger partial charge in [0.25, 0.3) is 0 Å². The minimum atomic E-state index is 0.727. The van der Waals surface area contributed by atoms with E-state index in [9.17, 15) is 0 Å². The minimum Gasteiger partial charge on any atom is -0.247 e. The van der Waals surface area contributed by atoms with E-state index in [1.165, 1.54) is 25.6 Å². The molecule has 0 spiro atoms. The van der Waals surface area contributed by atoms with Gasteiger partial charge in [0, 0.05) is 47.6 Å². The van der Waals surface area contributed by atoms with E-state index in [-0.39, 0.29) is 0 Å². The second-order valence-electron chi connectivity index (χ2n) is 9.64. The lowest BCUT2D eigenvalue weighted by molar-refractivity contribution is 1.23. The summed E-state index contributed by atoms with van der Waals surface area (Å²) < 4.78 is 2.55. The summed E-state index contributed by atoms with van der Waals surface area (Å²) in [6.45, 7) is 0. The Bertz CT molecular complexity index is 2180. The molecule has 0 amide bonds. The predicted octanol–water partition coefficient (Wildman–Crippen LogP) is 9.55. The zero-order valence-electron chi connectivity index (χ0n) is 20.9. The van der Waals surface area contributed by atoms with Crippen molar-refractivity contribution in [1.82, 2.24) is 15.0 Å². The molecular weight excluding hydrogens is 494 g/mol. The van der Waals surface area contributed by atoms with Gasteiger partial charge in [-0.25, -0.2) is 15.0 Å². The fraction of sp³-hybridized carbons (Fsp3) is 0. The Morgan fingerprint density at radius 2 is 1.05 bits per heavy atom. The molecule has 0 saturated heterocycles. The van der Waals surface area contributed by atoms with Crippen molar-refractivity contribution in [2.45, 2.75) is 0 Å². The molecule has 0 aliphatic rings. The maximum absolute atomic E-state index is 5.23. The number of rotatable bonds is 3. The molecule has 3 aromatic heterocycles. The summed E-state index contributed by atoms with van der Waals surface area (Å²) >= 11 is 1.84. The van der Waals surface area contributed by atoms with Crippen LogP contribution in [-0.2, 0) is 0 Å². The summed E-state index contributed by atoms with van der Waals surface area (Å²) in [4.78, 5) is 15.2. The number of hydrogen-bond donors (Lipinski definition) is 0. The van der Waals surface area contributed by atoms with Gasteiger partial charge in [0.2, 0.25) is 0 Å². The Balaban J connectivity index is 1.40. The van der Waals surface area contributed by atoms with Crippen molar-refractivity contribution in [2.75, 3.05) is 0 Å². The van der Waals surface area contributed by atoms with E-state index in [1.54, 1.807) is 0 Å². The fourth-order valence-corrected chi connectivity index (χ4v) is 6.68. The lowest BCUT2D eigenvalue weighted by Gasteiger charge is -2.12. The number of nitrogens with zero attached hydrogens (tertiary/aromatic N) is 3. The zero-order chi connectivity index (χ0) is 25.8. The van der Waals surface area contributed by atoms with E-state index in [0.29, 0.717) is 0 Å². The van der Waals surface area contributed by atoms with Crippen LogP contribution in [-0.4, -0.2) is 15.0 Å². The predicted molar refractivity (Wildman–Crippen MR) is 164 cm³/mol. The highest BCUT2D eigenvalue weighted by Gasteiger charge is 2.17. The number of benzene rings is 5. The van der Waals surface area contributed by atoms with Gasteiger partial charge in [0.1, 0.15) is 0 Å². The number of hydrogen-bond acceptors (Lipinski definition) is 4. The molecule has 0 saturated carbocycles. The van der Waals surface area contributed by atoms with E-state index in [1.807, 2.05) is 41.7 Å². The van der Waals surface area contributed by atoms with Gasteiger partial charge in [-0.3, -0.25) is 0 Å². The zero-order valence-corrected chi connectivity index (χ0v) is 21.7. The molecular formula is C35H21N3S. The Morgan fingerprint density at radius 1 is 0.436 bits per heavy atom. The second kappa shape index (κ2) is 8.83. The monoisotopic (exact) mass is 515 g/mol. The fourth-order valence-electron chi connectivity index (χ4n) is 5.45. The molecule has 0 aliphatic heterocycles. The van der Waals surface area contributed by atoms with Crippen LogP contribution < -0.4 is 0 Å². The summed E-state index contributed by atoms with van der Waals surface area (Å²) in [5, 5.41) is 4.69. The average Bonchev–Trinajstić information content (AvgIpc) is 3.41. The molecule has 0 aliphatic carbocycles. The first-order chi connectivity index (χ1) is 19.3. The van der Waals surface area contributed by atoms with Crippen LogP contribution in [0.5, 0.6) is 0 Å². The largest absolute Gasteiger partial charge is 0.247 e. The highest BCUT2D eigenvalue weighted by Crippen LogP contribution is 2.43. The number of thiophene rings is 1. The second-order valence-corrected chi connectivity index (χ2v) is 10.7. The van der Waals surface area contributed by atoms with Crippen molar-refractivity contribution >= 4 is 53.3 Å². The molecule has 8 rings (SSSR count). The van der Waals surface area contributed by atoms with E-state index >= 15 is 0 Å². The normalized spacial score (nSPS) is 11.6. The topological polar surface area (TPSA) is 38.7 Å². The van der Waals surface area contributed by atoms with E-state index in [0.717, 1.165) is 50.3 Å². The highest BCUT2D eigenvalue weighted by atomic mass is 32.1. The quantitative estimate of drug-likeness (QED) is 0.235. The third-order valence-electron chi connectivity index (χ3n) is 7.26. The van der Waals surface area contributed by atoms with Gasteiger partial charge >= 0.3 is 0 Å². The van der Waals surface area contributed by atoms with Gasteiger partial charge in [-0.2, -0.15) is 0 Å². The summed E-state index contributed by atoms with van der Waals surface area (Å²) in [6, 6.07) is 44.1. The standard InChI is InChI=1S/C35H21N3S/c1-2-11-22(12-3-1)35-37-28-18-7-4-15-25(28)32(38-35)23-13-10-14-24(21-23)33-31-27-17-6-9-20-30(27)39-34(31)26-16-5-8-19-29(26)36-33/h1-21H. The number of pyridine rings is 1. The molecule has 182 valence electrons. The minimum absolute atomic E-state index is 0.727. The van der Waals surface area contributed by atoms with Crippen molar-refractivity contribution in [1.29, 1.82) is 0 Å². The van der Waals surface area contributed by atoms with E-state index < -0.39 is 0 Å². The van der Waals surface area contributed by atoms with E-state index in [2.05, 4.69) is 97.1 Å². The SMILES string of the molecule is c1ccc(-c2nc(-c3cccc(-c4nc5ccccc5c5sc6ccccc6c45)c3)c3ccccc3n2)cc1. The Kier molecular flexibility index (Phi) is 5.00. The average molecular weight is 516 g/mol. The van der Waals surface area contributed by atoms with Gasteiger partial charge in [-0.1, -0.05) is 103 Å². The summed E-state index contributed by atoms with van der Waals surface area (Å²) in [7, 11) is 0. The van der Waals surface area contributed by atoms with Crippen LogP contribution in [0.15, 0.2) is 127 Å². The Morgan fingerprint density at radius 3 is 1.87 bits per heavy atom. The Hall–Kier alpha value is -4.93. The molecule has 0 N–H and O–H groups in total. The van der Waals surface area contributed by atoms with Crippen LogP contribution in [0.25, 0.3) is 75.9 Å². The van der Waals surface area contributed by atoms with Crippen LogP contribution in [0.1, 0.15) is 0 Å². The molecule has 3 heterocycles. The molecule has 4 heteroatoms. The maximum atomic E-state index is 5.23. The first-order valence-electron chi connectivity index (χ1n) is 13.0. The first-order valence-corrected chi connectivity index (χ1v) is 13.8. The molecule has 0 bridgehead atoms. The number of fused-ring (bicyclic) bond motifs is 6.